The van der Waals surface area contributed by atoms with Gasteiger partial charge in [0.2, 0.25) is 5.91 Å². The Morgan fingerprint density at radius 1 is 1.16 bits per heavy atom. The third-order valence-electron chi connectivity index (χ3n) is 4.79. The number of hydrogen-bond acceptors (Lipinski definition) is 4. The number of nitrogens with zero attached hydrogens (tertiary/aromatic N) is 1. The fourth-order valence-electron chi connectivity index (χ4n) is 3.48. The summed E-state index contributed by atoms with van der Waals surface area (Å²) in [6, 6.07) is 18.4. The summed E-state index contributed by atoms with van der Waals surface area (Å²) in [6.07, 6.45) is 2.04. The van der Waals surface area contributed by atoms with Gasteiger partial charge < -0.3 is 11.1 Å². The van der Waals surface area contributed by atoms with Crippen LogP contribution in [0, 0.1) is 5.92 Å². The van der Waals surface area contributed by atoms with Gasteiger partial charge in [-0.2, -0.15) is 0 Å². The maximum atomic E-state index is 12.4. The lowest BCUT2D eigenvalue weighted by Crippen LogP contribution is -2.32. The lowest BCUT2D eigenvalue weighted by Gasteiger charge is -2.16. The minimum absolute atomic E-state index is 0.0291. The first-order valence-corrected chi connectivity index (χ1v) is 9.83. The zero-order valence-electron chi connectivity index (χ0n) is 14.5. The minimum atomic E-state index is 0.0291. The zero-order valence-corrected chi connectivity index (χ0v) is 15.3. The Bertz CT molecular complexity index is 690. The Morgan fingerprint density at radius 3 is 2.52 bits per heavy atom. The highest BCUT2D eigenvalue weighted by molar-refractivity contribution is 7.98. The smallest absolute Gasteiger partial charge is 0.238 e. The number of anilines is 1. The van der Waals surface area contributed by atoms with Crippen LogP contribution in [0.4, 0.5) is 5.69 Å². The molecule has 0 saturated carbocycles. The van der Waals surface area contributed by atoms with Gasteiger partial charge in [-0.25, -0.2) is 0 Å². The van der Waals surface area contributed by atoms with Crippen molar-refractivity contribution in [1.29, 1.82) is 0 Å². The zero-order chi connectivity index (χ0) is 17.6. The second-order valence-electron chi connectivity index (χ2n) is 6.48. The van der Waals surface area contributed by atoms with Crippen LogP contribution in [0.3, 0.4) is 0 Å². The number of thioether (sulfide) groups is 1. The number of rotatable bonds is 6. The van der Waals surface area contributed by atoms with Crippen molar-refractivity contribution >= 4 is 23.4 Å². The molecule has 0 unspecified atom stereocenters. The van der Waals surface area contributed by atoms with Crippen LogP contribution in [0.15, 0.2) is 59.5 Å². The number of likely N-dealkylation sites (tertiary alicyclic amines) is 1. The summed E-state index contributed by atoms with van der Waals surface area (Å²) in [5, 5.41) is 2.99. The van der Waals surface area contributed by atoms with E-state index in [0.717, 1.165) is 18.8 Å². The van der Waals surface area contributed by atoms with Crippen LogP contribution < -0.4 is 11.1 Å². The lowest BCUT2D eigenvalue weighted by atomic mass is 9.89. The van der Waals surface area contributed by atoms with E-state index in [1.807, 2.05) is 36.6 Å². The SMILES string of the molecule is CSc1ccc(NC(=O)CN2C[C@@H](CN)[C@H](c3ccccc3)C2)cc1. The highest BCUT2D eigenvalue weighted by Crippen LogP contribution is 2.31. The molecule has 0 bridgehead atoms. The molecule has 0 radical (unpaired) electrons. The van der Waals surface area contributed by atoms with Gasteiger partial charge in [0.1, 0.15) is 0 Å². The normalized spacial score (nSPS) is 20.6. The highest BCUT2D eigenvalue weighted by atomic mass is 32.2. The van der Waals surface area contributed by atoms with Crippen molar-refractivity contribution < 1.29 is 4.79 Å². The summed E-state index contributed by atoms with van der Waals surface area (Å²) in [5.74, 6) is 0.831. The van der Waals surface area contributed by atoms with Crippen molar-refractivity contribution in [3.05, 3.63) is 60.2 Å². The van der Waals surface area contributed by atoms with Crippen LogP contribution >= 0.6 is 11.8 Å². The minimum Gasteiger partial charge on any atom is -0.330 e. The van der Waals surface area contributed by atoms with Crippen LogP contribution in [-0.4, -0.2) is 43.2 Å². The van der Waals surface area contributed by atoms with E-state index in [4.69, 9.17) is 5.73 Å². The summed E-state index contributed by atoms with van der Waals surface area (Å²) < 4.78 is 0. The Balaban J connectivity index is 1.58. The highest BCUT2D eigenvalue weighted by Gasteiger charge is 2.33. The number of benzene rings is 2. The Hall–Kier alpha value is -1.82. The fraction of sp³-hybridized carbons (Fsp3) is 0.350. The molecule has 2 aromatic rings. The molecular weight excluding hydrogens is 330 g/mol. The van der Waals surface area contributed by atoms with E-state index >= 15 is 0 Å². The Labute approximate surface area is 153 Å². The van der Waals surface area contributed by atoms with Crippen LogP contribution in [0.5, 0.6) is 0 Å². The average Bonchev–Trinajstić information content (AvgIpc) is 3.05. The Kier molecular flexibility index (Phi) is 6.13. The van der Waals surface area contributed by atoms with E-state index in [9.17, 15) is 4.79 Å². The van der Waals surface area contributed by atoms with E-state index < -0.39 is 0 Å². The van der Waals surface area contributed by atoms with E-state index in [-0.39, 0.29) is 5.91 Å². The molecule has 1 saturated heterocycles. The van der Waals surface area contributed by atoms with E-state index in [1.165, 1.54) is 10.5 Å². The molecular formula is C20H25N3OS. The van der Waals surface area contributed by atoms with Crippen LogP contribution in [-0.2, 0) is 4.79 Å². The maximum absolute atomic E-state index is 12.4. The molecule has 0 aromatic heterocycles. The van der Waals surface area contributed by atoms with E-state index in [2.05, 4.69) is 34.5 Å². The molecule has 5 heteroatoms. The number of amides is 1. The van der Waals surface area contributed by atoms with Gasteiger partial charge >= 0.3 is 0 Å². The van der Waals surface area contributed by atoms with Crippen LogP contribution in [0.25, 0.3) is 0 Å². The molecule has 0 spiro atoms. The molecule has 0 aliphatic carbocycles. The molecule has 1 heterocycles. The molecule has 25 heavy (non-hydrogen) atoms. The number of carbonyl (C=O) groups excluding carboxylic acids is 1. The van der Waals surface area contributed by atoms with Gasteiger partial charge in [-0.05, 0) is 48.5 Å². The monoisotopic (exact) mass is 355 g/mol. The predicted octanol–water partition coefficient (Wildman–Crippen LogP) is 3.02. The molecule has 4 nitrogen and oxygen atoms in total. The largest absolute Gasteiger partial charge is 0.330 e. The first-order chi connectivity index (χ1) is 12.2. The topological polar surface area (TPSA) is 58.4 Å². The van der Waals surface area contributed by atoms with Crippen molar-refractivity contribution in [1.82, 2.24) is 4.90 Å². The average molecular weight is 356 g/mol. The summed E-state index contributed by atoms with van der Waals surface area (Å²) in [6.45, 7) is 2.80. The van der Waals surface area contributed by atoms with Crippen LogP contribution in [0.2, 0.25) is 0 Å². The van der Waals surface area contributed by atoms with Gasteiger partial charge in [0.05, 0.1) is 6.54 Å². The van der Waals surface area contributed by atoms with Crippen molar-refractivity contribution in [3.8, 4) is 0 Å². The van der Waals surface area contributed by atoms with Crippen molar-refractivity contribution in [3.63, 3.8) is 0 Å². The van der Waals surface area contributed by atoms with Crippen LogP contribution in [0.1, 0.15) is 11.5 Å². The molecule has 1 fully saturated rings. The quantitative estimate of drug-likeness (QED) is 0.782. The third kappa shape index (κ3) is 4.63. The second-order valence-corrected chi connectivity index (χ2v) is 7.36. The molecule has 3 N–H and O–H groups in total. The molecule has 2 atom stereocenters. The van der Waals surface area contributed by atoms with Crippen molar-refractivity contribution in [2.24, 2.45) is 11.7 Å². The van der Waals surface area contributed by atoms with Gasteiger partial charge in [-0.3, -0.25) is 9.69 Å². The van der Waals surface area contributed by atoms with Gasteiger partial charge in [0, 0.05) is 29.6 Å². The number of nitrogens with two attached hydrogens (primary N) is 1. The Morgan fingerprint density at radius 2 is 1.88 bits per heavy atom. The summed E-state index contributed by atoms with van der Waals surface area (Å²) in [7, 11) is 0. The maximum Gasteiger partial charge on any atom is 0.238 e. The lowest BCUT2D eigenvalue weighted by molar-refractivity contribution is -0.117. The third-order valence-corrected chi connectivity index (χ3v) is 5.53. The van der Waals surface area contributed by atoms with Gasteiger partial charge in [0.25, 0.3) is 0 Å². The molecule has 1 amide bonds. The molecule has 1 aliphatic heterocycles. The van der Waals surface area contributed by atoms with E-state index in [0.29, 0.717) is 24.9 Å². The molecule has 1 aliphatic rings. The first-order valence-electron chi connectivity index (χ1n) is 8.61. The second kappa shape index (κ2) is 8.52. The molecule has 2 aromatic carbocycles. The first kappa shape index (κ1) is 18.0. The van der Waals surface area contributed by atoms with Gasteiger partial charge in [0.15, 0.2) is 0 Å². The number of hydrogen-bond donors (Lipinski definition) is 2. The van der Waals surface area contributed by atoms with Gasteiger partial charge in [-0.1, -0.05) is 30.3 Å². The standard InChI is InChI=1S/C20H25N3OS/c1-25-18-9-7-17(8-10-18)22-20(24)14-23-12-16(11-21)19(13-23)15-5-3-2-4-6-15/h2-10,16,19H,11-14,21H2,1H3,(H,22,24)/t16-,19+/m1/s1. The van der Waals surface area contributed by atoms with E-state index in [1.54, 1.807) is 11.8 Å². The molecule has 3 rings (SSSR count). The number of carbonyl (C=O) groups is 1. The summed E-state index contributed by atoms with van der Waals surface area (Å²) in [4.78, 5) is 15.8. The van der Waals surface area contributed by atoms with Gasteiger partial charge in [-0.15, -0.1) is 11.8 Å². The molecule has 132 valence electrons. The summed E-state index contributed by atoms with van der Waals surface area (Å²) in [5.41, 5.74) is 8.13. The summed E-state index contributed by atoms with van der Waals surface area (Å²) >= 11 is 1.69. The van der Waals surface area contributed by atoms with Crippen molar-refractivity contribution in [2.75, 3.05) is 37.8 Å². The number of nitrogens with one attached hydrogen (secondary N) is 1. The fourth-order valence-corrected chi connectivity index (χ4v) is 3.89. The predicted molar refractivity (Wildman–Crippen MR) is 105 cm³/mol. The van der Waals surface area contributed by atoms with Crippen molar-refractivity contribution in [2.45, 2.75) is 10.8 Å².